The van der Waals surface area contributed by atoms with Gasteiger partial charge in [-0.25, -0.2) is 4.98 Å². The molecule has 3 aromatic rings. The van der Waals surface area contributed by atoms with Crippen LogP contribution in [0.1, 0.15) is 20.8 Å². The highest BCUT2D eigenvalue weighted by Gasteiger charge is 2.14. The van der Waals surface area contributed by atoms with Crippen molar-refractivity contribution < 1.29 is 9.53 Å². The maximum atomic E-state index is 12.3. The summed E-state index contributed by atoms with van der Waals surface area (Å²) in [5.74, 6) is 0.635. The van der Waals surface area contributed by atoms with Gasteiger partial charge in [-0.15, -0.1) is 11.3 Å². The molecule has 3 rings (SSSR count). The number of benzene rings is 2. The van der Waals surface area contributed by atoms with Gasteiger partial charge in [-0.1, -0.05) is 11.6 Å². The molecule has 1 aromatic heterocycles. The average Bonchev–Trinajstić information content (AvgIpc) is 2.95. The summed E-state index contributed by atoms with van der Waals surface area (Å²) >= 11 is 7.30. The van der Waals surface area contributed by atoms with Gasteiger partial charge in [-0.2, -0.15) is 0 Å². The average molecular weight is 373 g/mol. The number of aryl methyl sites for hydroxylation is 2. The van der Waals surface area contributed by atoms with Crippen LogP contribution in [0.25, 0.3) is 11.3 Å². The number of methoxy groups -OCH3 is 1. The number of nitrogens with zero attached hydrogens (tertiary/aromatic N) is 1. The molecule has 1 amide bonds. The van der Waals surface area contributed by atoms with Gasteiger partial charge in [0, 0.05) is 21.0 Å². The third kappa shape index (κ3) is 3.83. The standard InChI is InChI=1S/C19H17ClN2O2S/c1-11-10-14(6-9-16(11)24-3)17-12(2)25-19(21-17)22-18(23)13-4-7-15(20)8-5-13/h4-10H,1-3H3,(H,21,22,23). The molecule has 0 aliphatic rings. The van der Waals surface area contributed by atoms with E-state index in [4.69, 9.17) is 16.3 Å². The van der Waals surface area contributed by atoms with E-state index in [0.29, 0.717) is 15.7 Å². The van der Waals surface area contributed by atoms with E-state index in [1.165, 1.54) is 11.3 Å². The van der Waals surface area contributed by atoms with Gasteiger partial charge in [-0.05, 0) is 61.9 Å². The molecule has 1 N–H and O–H groups in total. The first-order chi connectivity index (χ1) is 12.0. The predicted molar refractivity (Wildman–Crippen MR) is 103 cm³/mol. The summed E-state index contributed by atoms with van der Waals surface area (Å²) in [7, 11) is 1.65. The molecule has 0 atom stereocenters. The Labute approximate surface area is 155 Å². The first-order valence-corrected chi connectivity index (χ1v) is 8.86. The Morgan fingerprint density at radius 2 is 1.88 bits per heavy atom. The quantitative estimate of drug-likeness (QED) is 0.672. The molecule has 0 unspecified atom stereocenters. The van der Waals surface area contributed by atoms with Gasteiger partial charge < -0.3 is 4.74 Å². The Balaban J connectivity index is 1.84. The van der Waals surface area contributed by atoms with Gasteiger partial charge in [0.1, 0.15) is 5.75 Å². The summed E-state index contributed by atoms with van der Waals surface area (Å²) in [4.78, 5) is 17.9. The number of nitrogens with one attached hydrogen (secondary N) is 1. The van der Waals surface area contributed by atoms with Crippen LogP contribution < -0.4 is 10.1 Å². The van der Waals surface area contributed by atoms with Gasteiger partial charge >= 0.3 is 0 Å². The van der Waals surface area contributed by atoms with Gasteiger partial charge in [0.25, 0.3) is 5.91 Å². The molecule has 128 valence electrons. The van der Waals surface area contributed by atoms with Crippen LogP contribution >= 0.6 is 22.9 Å². The van der Waals surface area contributed by atoms with E-state index in [1.54, 1.807) is 31.4 Å². The van der Waals surface area contributed by atoms with Crippen molar-refractivity contribution in [3.63, 3.8) is 0 Å². The molecule has 0 fully saturated rings. The highest BCUT2D eigenvalue weighted by Crippen LogP contribution is 2.33. The number of amides is 1. The lowest BCUT2D eigenvalue weighted by molar-refractivity contribution is 0.102. The smallest absolute Gasteiger partial charge is 0.257 e. The minimum atomic E-state index is -0.206. The summed E-state index contributed by atoms with van der Waals surface area (Å²) in [6, 6.07) is 12.7. The van der Waals surface area contributed by atoms with E-state index in [2.05, 4.69) is 10.3 Å². The molecule has 25 heavy (non-hydrogen) atoms. The topological polar surface area (TPSA) is 51.2 Å². The fourth-order valence-corrected chi connectivity index (χ4v) is 3.47. The van der Waals surface area contributed by atoms with E-state index < -0.39 is 0 Å². The number of halogens is 1. The van der Waals surface area contributed by atoms with Crippen molar-refractivity contribution in [3.8, 4) is 17.0 Å². The lowest BCUT2D eigenvalue weighted by atomic mass is 10.1. The van der Waals surface area contributed by atoms with Crippen LogP contribution in [0.2, 0.25) is 5.02 Å². The van der Waals surface area contributed by atoms with Crippen LogP contribution in [-0.2, 0) is 0 Å². The maximum Gasteiger partial charge on any atom is 0.257 e. The zero-order chi connectivity index (χ0) is 18.0. The minimum Gasteiger partial charge on any atom is -0.496 e. The first-order valence-electron chi connectivity index (χ1n) is 7.67. The normalized spacial score (nSPS) is 10.6. The number of ether oxygens (including phenoxy) is 1. The summed E-state index contributed by atoms with van der Waals surface area (Å²) < 4.78 is 5.30. The van der Waals surface area contributed by atoms with Crippen molar-refractivity contribution in [2.75, 3.05) is 12.4 Å². The number of anilines is 1. The van der Waals surface area contributed by atoms with Crippen molar-refractivity contribution >= 4 is 34.0 Å². The second kappa shape index (κ2) is 7.25. The van der Waals surface area contributed by atoms with Crippen molar-refractivity contribution in [1.82, 2.24) is 4.98 Å². The monoisotopic (exact) mass is 372 g/mol. The molecule has 0 bridgehead atoms. The van der Waals surface area contributed by atoms with E-state index in [-0.39, 0.29) is 5.91 Å². The van der Waals surface area contributed by atoms with Gasteiger partial charge in [0.05, 0.1) is 12.8 Å². The Morgan fingerprint density at radius 3 is 2.52 bits per heavy atom. The number of hydrogen-bond donors (Lipinski definition) is 1. The molecule has 6 heteroatoms. The zero-order valence-electron chi connectivity index (χ0n) is 14.1. The highest BCUT2D eigenvalue weighted by molar-refractivity contribution is 7.16. The van der Waals surface area contributed by atoms with Crippen LogP contribution in [0.4, 0.5) is 5.13 Å². The van der Waals surface area contributed by atoms with E-state index in [1.807, 2.05) is 32.0 Å². The molecule has 0 spiro atoms. The largest absolute Gasteiger partial charge is 0.496 e. The van der Waals surface area contributed by atoms with E-state index in [0.717, 1.165) is 27.4 Å². The summed E-state index contributed by atoms with van der Waals surface area (Å²) in [5, 5.41) is 4.01. The fourth-order valence-electron chi connectivity index (χ4n) is 2.51. The third-order valence-electron chi connectivity index (χ3n) is 3.79. The zero-order valence-corrected chi connectivity index (χ0v) is 15.7. The molecular formula is C19H17ClN2O2S. The van der Waals surface area contributed by atoms with Gasteiger partial charge in [-0.3, -0.25) is 10.1 Å². The molecule has 0 saturated heterocycles. The summed E-state index contributed by atoms with van der Waals surface area (Å²) in [6.45, 7) is 3.98. The van der Waals surface area contributed by atoms with Crippen LogP contribution in [0, 0.1) is 13.8 Å². The van der Waals surface area contributed by atoms with Crippen molar-refractivity contribution in [3.05, 3.63) is 63.5 Å². The Bertz CT molecular complexity index is 920. The number of aromatic nitrogens is 1. The van der Waals surface area contributed by atoms with Crippen LogP contribution in [0.3, 0.4) is 0 Å². The van der Waals surface area contributed by atoms with Crippen LogP contribution in [-0.4, -0.2) is 18.0 Å². The summed E-state index contributed by atoms with van der Waals surface area (Å²) in [6.07, 6.45) is 0. The van der Waals surface area contributed by atoms with Crippen molar-refractivity contribution in [1.29, 1.82) is 0 Å². The molecule has 2 aromatic carbocycles. The number of carbonyl (C=O) groups is 1. The predicted octanol–water partition coefficient (Wildman–Crippen LogP) is 5.34. The first kappa shape index (κ1) is 17.5. The maximum absolute atomic E-state index is 12.3. The second-order valence-corrected chi connectivity index (χ2v) is 7.21. The van der Waals surface area contributed by atoms with Crippen LogP contribution in [0.5, 0.6) is 5.75 Å². The molecule has 0 saturated carbocycles. The Morgan fingerprint density at radius 1 is 1.16 bits per heavy atom. The van der Waals surface area contributed by atoms with Gasteiger partial charge in [0.15, 0.2) is 5.13 Å². The molecule has 0 aliphatic carbocycles. The fraction of sp³-hybridized carbons (Fsp3) is 0.158. The molecule has 0 radical (unpaired) electrons. The number of hydrogen-bond acceptors (Lipinski definition) is 4. The number of thiazole rings is 1. The lowest BCUT2D eigenvalue weighted by Gasteiger charge is -2.06. The summed E-state index contributed by atoms with van der Waals surface area (Å²) in [5.41, 5.74) is 3.44. The highest BCUT2D eigenvalue weighted by atomic mass is 35.5. The molecule has 1 heterocycles. The van der Waals surface area contributed by atoms with Crippen molar-refractivity contribution in [2.24, 2.45) is 0 Å². The Kier molecular flexibility index (Phi) is 5.06. The second-order valence-electron chi connectivity index (χ2n) is 5.57. The SMILES string of the molecule is COc1ccc(-c2nc(NC(=O)c3ccc(Cl)cc3)sc2C)cc1C. The number of carbonyl (C=O) groups excluding carboxylic acids is 1. The Hall–Kier alpha value is -2.37. The minimum absolute atomic E-state index is 0.206. The third-order valence-corrected chi connectivity index (χ3v) is 4.93. The van der Waals surface area contributed by atoms with E-state index in [9.17, 15) is 4.79 Å². The van der Waals surface area contributed by atoms with Gasteiger partial charge in [0.2, 0.25) is 0 Å². The van der Waals surface area contributed by atoms with Crippen molar-refractivity contribution in [2.45, 2.75) is 13.8 Å². The molecule has 0 aliphatic heterocycles. The lowest BCUT2D eigenvalue weighted by Crippen LogP contribution is -2.11. The molecular weight excluding hydrogens is 356 g/mol. The molecule has 4 nitrogen and oxygen atoms in total. The van der Waals surface area contributed by atoms with Crippen LogP contribution in [0.15, 0.2) is 42.5 Å². The number of rotatable bonds is 4. The van der Waals surface area contributed by atoms with E-state index >= 15 is 0 Å².